The summed E-state index contributed by atoms with van der Waals surface area (Å²) < 4.78 is 5.33. The van der Waals surface area contributed by atoms with Crippen LogP contribution >= 0.6 is 11.8 Å². The molecule has 0 aromatic heterocycles. The van der Waals surface area contributed by atoms with Gasteiger partial charge in [0, 0.05) is 4.90 Å². The predicted octanol–water partition coefficient (Wildman–Crippen LogP) is 3.77. The fraction of sp³-hybridized carbons (Fsp3) is 0.188. The van der Waals surface area contributed by atoms with Crippen LogP contribution in [-0.2, 0) is 0 Å². The molecule has 0 radical (unpaired) electrons. The zero-order chi connectivity index (χ0) is 14.5. The average molecular weight is 285 g/mol. The second kappa shape index (κ2) is 6.47. The van der Waals surface area contributed by atoms with Gasteiger partial charge in [-0.05, 0) is 36.8 Å². The highest BCUT2D eigenvalue weighted by atomic mass is 32.2. The van der Waals surface area contributed by atoms with Crippen LogP contribution in [0.15, 0.2) is 52.3 Å². The lowest BCUT2D eigenvalue weighted by Gasteiger charge is -2.13. The third-order valence-electron chi connectivity index (χ3n) is 2.88. The van der Waals surface area contributed by atoms with Crippen LogP contribution < -0.4 is 4.74 Å². The number of hydrogen-bond donors (Lipinski definition) is 1. The third-order valence-corrected chi connectivity index (χ3v) is 4.01. The van der Waals surface area contributed by atoms with Gasteiger partial charge in [-0.15, -0.1) is 0 Å². The van der Waals surface area contributed by atoms with Crippen molar-refractivity contribution in [2.45, 2.75) is 22.8 Å². The number of para-hydroxylation sites is 1. The molecule has 0 amide bonds. The van der Waals surface area contributed by atoms with Gasteiger partial charge in [0.15, 0.2) is 0 Å². The van der Waals surface area contributed by atoms with Crippen LogP contribution in [0.4, 0.5) is 0 Å². The topological polar surface area (TPSA) is 53.2 Å². The van der Waals surface area contributed by atoms with E-state index in [0.717, 1.165) is 21.1 Å². The van der Waals surface area contributed by atoms with Gasteiger partial charge < -0.3 is 9.84 Å². The van der Waals surface area contributed by atoms with Crippen molar-refractivity contribution >= 4 is 11.8 Å². The quantitative estimate of drug-likeness (QED) is 0.929. The van der Waals surface area contributed by atoms with E-state index in [2.05, 4.69) is 6.07 Å². The van der Waals surface area contributed by atoms with Gasteiger partial charge in [-0.3, -0.25) is 0 Å². The maximum absolute atomic E-state index is 9.85. The Morgan fingerprint density at radius 2 is 1.95 bits per heavy atom. The van der Waals surface area contributed by atoms with E-state index < -0.39 is 6.10 Å². The van der Waals surface area contributed by atoms with E-state index in [0.29, 0.717) is 5.56 Å². The van der Waals surface area contributed by atoms with Gasteiger partial charge in [-0.25, -0.2) is 0 Å². The maximum Gasteiger partial charge on any atom is 0.132 e. The monoisotopic (exact) mass is 285 g/mol. The zero-order valence-corrected chi connectivity index (χ0v) is 12.1. The molecule has 0 bridgehead atoms. The van der Waals surface area contributed by atoms with E-state index in [-0.39, 0.29) is 0 Å². The minimum Gasteiger partial charge on any atom is -0.496 e. The van der Waals surface area contributed by atoms with Gasteiger partial charge in [0.1, 0.15) is 5.75 Å². The maximum atomic E-state index is 9.85. The lowest BCUT2D eigenvalue weighted by Crippen LogP contribution is -1.95. The lowest BCUT2D eigenvalue weighted by atomic mass is 10.1. The number of nitrogens with zero attached hydrogens (tertiary/aromatic N) is 1. The molecule has 1 N–H and O–H groups in total. The molecule has 0 spiro atoms. The summed E-state index contributed by atoms with van der Waals surface area (Å²) in [6.07, 6.45) is -0.583. The number of aliphatic hydroxyl groups is 1. The first-order valence-corrected chi connectivity index (χ1v) is 7.00. The van der Waals surface area contributed by atoms with Crippen molar-refractivity contribution in [3.05, 3.63) is 53.6 Å². The highest BCUT2D eigenvalue weighted by Crippen LogP contribution is 2.38. The summed E-state index contributed by atoms with van der Waals surface area (Å²) in [5, 5.41) is 18.9. The number of aliphatic hydroxyl groups excluding tert-OH is 1. The lowest BCUT2D eigenvalue weighted by molar-refractivity contribution is 0.196. The molecule has 20 heavy (non-hydrogen) atoms. The van der Waals surface area contributed by atoms with E-state index in [9.17, 15) is 5.11 Å². The number of hydrogen-bond acceptors (Lipinski definition) is 4. The Morgan fingerprint density at radius 1 is 1.20 bits per heavy atom. The summed E-state index contributed by atoms with van der Waals surface area (Å²) in [7, 11) is 1.63. The second-order valence-corrected chi connectivity index (χ2v) is 5.38. The van der Waals surface area contributed by atoms with Crippen LogP contribution in [0, 0.1) is 11.3 Å². The van der Waals surface area contributed by atoms with Crippen LogP contribution in [0.1, 0.15) is 24.2 Å². The Labute approximate surface area is 122 Å². The molecule has 0 aliphatic heterocycles. The number of nitriles is 1. The van der Waals surface area contributed by atoms with Crippen LogP contribution in [0.25, 0.3) is 0 Å². The first-order valence-electron chi connectivity index (χ1n) is 6.18. The number of benzene rings is 2. The SMILES string of the molecule is COc1ccccc1Sc1cc(C#N)ccc1C(C)O. The standard InChI is InChI=1S/C16H15NO2S/c1-11(18)13-8-7-12(10-17)9-16(13)20-15-6-4-3-5-14(15)19-2/h3-9,11,18H,1-2H3. The van der Waals surface area contributed by atoms with Crippen LogP contribution in [0.2, 0.25) is 0 Å². The first-order chi connectivity index (χ1) is 9.65. The van der Waals surface area contributed by atoms with Crippen molar-refractivity contribution in [1.29, 1.82) is 5.26 Å². The molecule has 0 saturated heterocycles. The summed E-state index contributed by atoms with van der Waals surface area (Å²) in [6.45, 7) is 1.72. The molecule has 3 nitrogen and oxygen atoms in total. The molecule has 0 aliphatic carbocycles. The van der Waals surface area contributed by atoms with Gasteiger partial charge in [0.25, 0.3) is 0 Å². The molecule has 102 valence electrons. The van der Waals surface area contributed by atoms with E-state index in [4.69, 9.17) is 10.00 Å². The van der Waals surface area contributed by atoms with E-state index in [1.807, 2.05) is 24.3 Å². The Hall–Kier alpha value is -1.96. The number of rotatable bonds is 4. The van der Waals surface area contributed by atoms with E-state index >= 15 is 0 Å². The Morgan fingerprint density at radius 3 is 2.60 bits per heavy atom. The van der Waals surface area contributed by atoms with Crippen molar-refractivity contribution in [2.24, 2.45) is 0 Å². The van der Waals surface area contributed by atoms with Gasteiger partial charge in [-0.1, -0.05) is 30.0 Å². The van der Waals surface area contributed by atoms with Crippen LogP contribution in [0.5, 0.6) is 5.75 Å². The largest absolute Gasteiger partial charge is 0.496 e. The molecule has 2 aromatic rings. The van der Waals surface area contributed by atoms with E-state index in [1.165, 1.54) is 11.8 Å². The first kappa shape index (κ1) is 14.4. The zero-order valence-electron chi connectivity index (χ0n) is 11.3. The number of ether oxygens (including phenoxy) is 1. The molecule has 0 aliphatic rings. The van der Waals surface area contributed by atoms with Crippen molar-refractivity contribution in [3.63, 3.8) is 0 Å². The summed E-state index contributed by atoms with van der Waals surface area (Å²) in [5.74, 6) is 0.774. The van der Waals surface area contributed by atoms with Gasteiger partial charge >= 0.3 is 0 Å². The molecule has 4 heteroatoms. The molecular weight excluding hydrogens is 270 g/mol. The second-order valence-electron chi connectivity index (χ2n) is 4.29. The van der Waals surface area contributed by atoms with Gasteiger partial charge in [0.05, 0.1) is 29.7 Å². The van der Waals surface area contributed by atoms with Crippen LogP contribution in [-0.4, -0.2) is 12.2 Å². The van der Waals surface area contributed by atoms with E-state index in [1.54, 1.807) is 32.2 Å². The fourth-order valence-electron chi connectivity index (χ4n) is 1.86. The predicted molar refractivity (Wildman–Crippen MR) is 78.9 cm³/mol. The summed E-state index contributed by atoms with van der Waals surface area (Å²) >= 11 is 1.49. The molecule has 0 heterocycles. The Bertz CT molecular complexity index is 647. The van der Waals surface area contributed by atoms with Crippen molar-refractivity contribution in [3.8, 4) is 11.8 Å². The fourth-order valence-corrected chi connectivity index (χ4v) is 3.04. The third kappa shape index (κ3) is 3.13. The average Bonchev–Trinajstić information content (AvgIpc) is 2.47. The molecule has 1 atom stereocenters. The molecule has 2 aromatic carbocycles. The van der Waals surface area contributed by atoms with Crippen molar-refractivity contribution in [1.82, 2.24) is 0 Å². The highest BCUT2D eigenvalue weighted by Gasteiger charge is 2.12. The molecule has 0 saturated carbocycles. The molecule has 0 fully saturated rings. The molecule has 2 rings (SSSR count). The highest BCUT2D eigenvalue weighted by molar-refractivity contribution is 7.99. The minimum absolute atomic E-state index is 0.576. The Balaban J connectivity index is 2.44. The summed E-state index contributed by atoms with van der Waals surface area (Å²) in [4.78, 5) is 1.82. The van der Waals surface area contributed by atoms with Gasteiger partial charge in [0.2, 0.25) is 0 Å². The van der Waals surface area contributed by atoms with Gasteiger partial charge in [-0.2, -0.15) is 5.26 Å². The van der Waals surface area contributed by atoms with Crippen molar-refractivity contribution in [2.75, 3.05) is 7.11 Å². The minimum atomic E-state index is -0.583. The summed E-state index contributed by atoms with van der Waals surface area (Å²) in [6, 6.07) is 15.1. The molecular formula is C16H15NO2S. The Kier molecular flexibility index (Phi) is 4.67. The smallest absolute Gasteiger partial charge is 0.132 e. The van der Waals surface area contributed by atoms with Crippen LogP contribution in [0.3, 0.4) is 0 Å². The number of methoxy groups -OCH3 is 1. The van der Waals surface area contributed by atoms with Crippen molar-refractivity contribution < 1.29 is 9.84 Å². The summed E-state index contributed by atoms with van der Waals surface area (Å²) in [5.41, 5.74) is 1.38. The molecule has 1 unspecified atom stereocenters. The normalized spacial score (nSPS) is 11.7.